The summed E-state index contributed by atoms with van der Waals surface area (Å²) in [6, 6.07) is 12.2. The molecule has 1 aliphatic rings. The van der Waals surface area contributed by atoms with Gasteiger partial charge in [-0.15, -0.1) is 0 Å². The molecule has 3 rings (SSSR count). The fraction of sp³-hybridized carbons (Fsp3) is 0.381. The summed E-state index contributed by atoms with van der Waals surface area (Å²) in [5.41, 5.74) is 1.29. The van der Waals surface area contributed by atoms with E-state index in [4.69, 9.17) is 21.1 Å². The van der Waals surface area contributed by atoms with Crippen LogP contribution in [0.25, 0.3) is 0 Å². The second-order valence-corrected chi connectivity index (χ2v) is 7.03. The molecule has 1 aliphatic heterocycles. The summed E-state index contributed by atoms with van der Waals surface area (Å²) in [4.78, 5) is 14.7. The van der Waals surface area contributed by atoms with Crippen molar-refractivity contribution in [1.82, 2.24) is 10.2 Å². The zero-order valence-electron chi connectivity index (χ0n) is 15.8. The van der Waals surface area contributed by atoms with Crippen molar-refractivity contribution in [2.24, 2.45) is 0 Å². The molecule has 2 aromatic rings. The lowest BCUT2D eigenvalue weighted by molar-refractivity contribution is -0.120. The molecule has 5 nitrogen and oxygen atoms in total. The lowest BCUT2D eigenvalue weighted by Crippen LogP contribution is -2.44. The highest BCUT2D eigenvalue weighted by Gasteiger charge is 2.23. The molecule has 7 heteroatoms. The summed E-state index contributed by atoms with van der Waals surface area (Å²) in [5.74, 6) is 0.0454. The van der Waals surface area contributed by atoms with Gasteiger partial charge in [0, 0.05) is 30.2 Å². The van der Waals surface area contributed by atoms with Crippen LogP contribution in [0, 0.1) is 5.82 Å². The summed E-state index contributed by atoms with van der Waals surface area (Å²) < 4.78 is 24.6. The largest absolute Gasteiger partial charge is 0.497 e. The van der Waals surface area contributed by atoms with E-state index in [1.165, 1.54) is 12.1 Å². The number of carbonyl (C=O) groups is 1. The van der Waals surface area contributed by atoms with Crippen molar-refractivity contribution in [2.45, 2.75) is 12.5 Å². The minimum absolute atomic E-state index is 0.00477. The number of benzene rings is 2. The molecular weight excluding hydrogens is 383 g/mol. The Kier molecular flexibility index (Phi) is 7.25. The Morgan fingerprint density at radius 1 is 1.25 bits per heavy atom. The zero-order chi connectivity index (χ0) is 19.9. The van der Waals surface area contributed by atoms with Crippen LogP contribution < -0.4 is 10.1 Å². The van der Waals surface area contributed by atoms with Gasteiger partial charge in [-0.2, -0.15) is 0 Å². The lowest BCUT2D eigenvalue weighted by Gasteiger charge is -2.35. The Morgan fingerprint density at radius 2 is 1.96 bits per heavy atom. The van der Waals surface area contributed by atoms with Crippen molar-refractivity contribution < 1.29 is 18.7 Å². The SMILES string of the molecule is COc1ccc([C@H](CNC(=O)Cc2c(F)cccc2Cl)N2CCOCC2)cc1. The summed E-state index contributed by atoms with van der Waals surface area (Å²) in [7, 11) is 1.63. The van der Waals surface area contributed by atoms with E-state index < -0.39 is 5.82 Å². The number of methoxy groups -OCH3 is 1. The van der Waals surface area contributed by atoms with Gasteiger partial charge >= 0.3 is 0 Å². The van der Waals surface area contributed by atoms with E-state index in [9.17, 15) is 9.18 Å². The highest BCUT2D eigenvalue weighted by atomic mass is 35.5. The van der Waals surface area contributed by atoms with Crippen LogP contribution >= 0.6 is 11.6 Å². The molecule has 0 aromatic heterocycles. The van der Waals surface area contributed by atoms with Crippen LogP contribution in [0.3, 0.4) is 0 Å². The Morgan fingerprint density at radius 3 is 2.61 bits per heavy atom. The Balaban J connectivity index is 1.69. The Bertz CT molecular complexity index is 774. The monoisotopic (exact) mass is 406 g/mol. The lowest BCUT2D eigenvalue weighted by atomic mass is 10.0. The quantitative estimate of drug-likeness (QED) is 0.767. The summed E-state index contributed by atoms with van der Waals surface area (Å²) in [6.45, 7) is 3.30. The van der Waals surface area contributed by atoms with Gasteiger partial charge in [-0.25, -0.2) is 4.39 Å². The number of halogens is 2. The van der Waals surface area contributed by atoms with Crippen LogP contribution in [0.15, 0.2) is 42.5 Å². The number of amides is 1. The second kappa shape index (κ2) is 9.87. The first-order valence-corrected chi connectivity index (χ1v) is 9.61. The van der Waals surface area contributed by atoms with Gasteiger partial charge < -0.3 is 14.8 Å². The van der Waals surface area contributed by atoms with Gasteiger partial charge in [0.05, 0.1) is 32.8 Å². The third-order valence-electron chi connectivity index (χ3n) is 4.88. The summed E-state index contributed by atoms with van der Waals surface area (Å²) in [5, 5.41) is 3.19. The van der Waals surface area contributed by atoms with Crippen molar-refractivity contribution in [3.05, 3.63) is 64.4 Å². The van der Waals surface area contributed by atoms with E-state index in [-0.39, 0.29) is 29.0 Å². The summed E-state index contributed by atoms with van der Waals surface area (Å²) in [6.07, 6.45) is -0.0933. The molecule has 1 fully saturated rings. The minimum Gasteiger partial charge on any atom is -0.497 e. The molecule has 2 aromatic carbocycles. The first-order valence-electron chi connectivity index (χ1n) is 9.24. The maximum atomic E-state index is 13.9. The smallest absolute Gasteiger partial charge is 0.224 e. The van der Waals surface area contributed by atoms with E-state index in [0.29, 0.717) is 19.8 Å². The zero-order valence-corrected chi connectivity index (χ0v) is 16.5. The second-order valence-electron chi connectivity index (χ2n) is 6.62. The van der Waals surface area contributed by atoms with Gasteiger partial charge in [0.1, 0.15) is 11.6 Å². The van der Waals surface area contributed by atoms with Crippen LogP contribution in [-0.4, -0.2) is 50.8 Å². The number of nitrogens with zero attached hydrogens (tertiary/aromatic N) is 1. The first-order chi connectivity index (χ1) is 13.6. The summed E-state index contributed by atoms with van der Waals surface area (Å²) >= 11 is 6.03. The predicted octanol–water partition coefficient (Wildman–Crippen LogP) is 3.22. The van der Waals surface area contributed by atoms with E-state index in [1.807, 2.05) is 24.3 Å². The number of hydrogen-bond acceptors (Lipinski definition) is 4. The fourth-order valence-electron chi connectivity index (χ4n) is 3.31. The number of carbonyl (C=O) groups excluding carboxylic acids is 1. The normalized spacial score (nSPS) is 15.8. The van der Waals surface area contributed by atoms with E-state index >= 15 is 0 Å². The predicted molar refractivity (Wildman–Crippen MR) is 106 cm³/mol. The van der Waals surface area contributed by atoms with Crippen molar-refractivity contribution >= 4 is 17.5 Å². The van der Waals surface area contributed by atoms with Gasteiger partial charge in [-0.3, -0.25) is 9.69 Å². The molecule has 0 aliphatic carbocycles. The van der Waals surface area contributed by atoms with Crippen LogP contribution in [0.4, 0.5) is 4.39 Å². The Hall–Kier alpha value is -2.15. The van der Waals surface area contributed by atoms with Crippen LogP contribution in [0.5, 0.6) is 5.75 Å². The van der Waals surface area contributed by atoms with Crippen LogP contribution in [-0.2, 0) is 16.0 Å². The van der Waals surface area contributed by atoms with E-state index in [1.54, 1.807) is 13.2 Å². The maximum absolute atomic E-state index is 13.9. The molecular formula is C21H24ClFN2O3. The molecule has 0 radical (unpaired) electrons. The molecule has 1 atom stereocenters. The first kappa shape index (κ1) is 20.6. The van der Waals surface area contributed by atoms with Gasteiger partial charge in [0.15, 0.2) is 0 Å². The maximum Gasteiger partial charge on any atom is 0.224 e. The molecule has 1 N–H and O–H groups in total. The number of morpholine rings is 1. The third-order valence-corrected chi connectivity index (χ3v) is 5.23. The number of ether oxygens (including phenoxy) is 2. The average Bonchev–Trinajstić information content (AvgIpc) is 2.72. The molecule has 0 saturated carbocycles. The topological polar surface area (TPSA) is 50.8 Å². The standard InChI is InChI=1S/C21H24ClFN2O3/c1-27-16-7-5-15(6-8-16)20(25-9-11-28-12-10-25)14-24-21(26)13-17-18(22)3-2-4-19(17)23/h2-8,20H,9-14H2,1H3,(H,24,26)/t20-/m0/s1. The molecule has 0 bridgehead atoms. The van der Waals surface area contributed by atoms with Crippen molar-refractivity contribution in [1.29, 1.82) is 0 Å². The van der Waals surface area contributed by atoms with Gasteiger partial charge in [-0.05, 0) is 29.8 Å². The van der Waals surface area contributed by atoms with Crippen molar-refractivity contribution in [2.75, 3.05) is 40.0 Å². The molecule has 1 amide bonds. The van der Waals surface area contributed by atoms with Gasteiger partial charge in [-0.1, -0.05) is 29.8 Å². The van der Waals surface area contributed by atoms with E-state index in [0.717, 1.165) is 24.4 Å². The highest BCUT2D eigenvalue weighted by molar-refractivity contribution is 6.31. The average molecular weight is 407 g/mol. The van der Waals surface area contributed by atoms with Crippen molar-refractivity contribution in [3.8, 4) is 5.75 Å². The number of nitrogens with one attached hydrogen (secondary N) is 1. The van der Waals surface area contributed by atoms with E-state index in [2.05, 4.69) is 10.2 Å². The molecule has 1 heterocycles. The highest BCUT2D eigenvalue weighted by Crippen LogP contribution is 2.24. The molecule has 28 heavy (non-hydrogen) atoms. The van der Waals surface area contributed by atoms with Crippen LogP contribution in [0.1, 0.15) is 17.2 Å². The van der Waals surface area contributed by atoms with Crippen LogP contribution in [0.2, 0.25) is 5.02 Å². The minimum atomic E-state index is -0.470. The fourth-order valence-corrected chi connectivity index (χ4v) is 3.54. The third kappa shape index (κ3) is 5.22. The Labute approximate surface area is 169 Å². The number of hydrogen-bond donors (Lipinski definition) is 1. The molecule has 1 saturated heterocycles. The molecule has 0 unspecified atom stereocenters. The van der Waals surface area contributed by atoms with Gasteiger partial charge in [0.25, 0.3) is 0 Å². The van der Waals surface area contributed by atoms with Crippen molar-refractivity contribution in [3.63, 3.8) is 0 Å². The molecule has 150 valence electrons. The number of rotatable bonds is 7. The van der Waals surface area contributed by atoms with Gasteiger partial charge in [0.2, 0.25) is 5.91 Å². The molecule has 0 spiro atoms.